The lowest BCUT2D eigenvalue weighted by Crippen LogP contribution is -2.38. The second-order valence-corrected chi connectivity index (χ2v) is 8.36. The number of ether oxygens (including phenoxy) is 1. The van der Waals surface area contributed by atoms with Crippen LogP contribution in [-0.2, 0) is 11.3 Å². The van der Waals surface area contributed by atoms with Crippen molar-refractivity contribution in [2.75, 3.05) is 5.32 Å². The Morgan fingerprint density at radius 3 is 2.31 bits per heavy atom. The van der Waals surface area contributed by atoms with Crippen LogP contribution >= 0.6 is 22.6 Å². The van der Waals surface area contributed by atoms with E-state index in [1.807, 2.05) is 30.3 Å². The smallest absolute Gasteiger partial charge is 0.406 e. The minimum atomic E-state index is -4.82. The molecule has 5 nitrogen and oxygen atoms in total. The summed E-state index contributed by atoms with van der Waals surface area (Å²) in [6, 6.07) is 18.2. The van der Waals surface area contributed by atoms with Gasteiger partial charge in [-0.3, -0.25) is 9.59 Å². The van der Waals surface area contributed by atoms with E-state index in [0.717, 1.165) is 21.3 Å². The molecule has 164 valence electrons. The number of carbonyl (C=O) groups excluding carboxylic acids is 2. The monoisotopic (exact) mass is 552 g/mol. The van der Waals surface area contributed by atoms with Gasteiger partial charge in [0.25, 0.3) is 11.8 Å². The van der Waals surface area contributed by atoms with Crippen LogP contribution < -0.4 is 10.1 Å². The molecular formula is C23H16F3IN2O3. The minimum Gasteiger partial charge on any atom is -0.406 e. The summed E-state index contributed by atoms with van der Waals surface area (Å²) in [5, 5.41) is 2.78. The van der Waals surface area contributed by atoms with Crippen molar-refractivity contribution >= 4 is 40.1 Å². The standard InChI is InChI=1S/C23H16F3IN2O3/c24-23(25,26)32-17-9-6-15(7-10-17)20-21(30)28-19-11-8-16(27)12-18(19)22(31)29(20)13-14-4-2-1-3-5-14/h1-12,20H,13H2,(H,28,30). The molecular weight excluding hydrogens is 536 g/mol. The van der Waals surface area contributed by atoms with Crippen molar-refractivity contribution < 1.29 is 27.5 Å². The average Bonchev–Trinajstić information content (AvgIpc) is 2.83. The molecule has 0 aliphatic carbocycles. The molecule has 1 N–H and O–H groups in total. The maximum Gasteiger partial charge on any atom is 0.573 e. The second-order valence-electron chi connectivity index (χ2n) is 7.12. The number of hydrogen-bond acceptors (Lipinski definition) is 3. The molecule has 1 atom stereocenters. The highest BCUT2D eigenvalue weighted by Crippen LogP contribution is 2.34. The molecule has 1 heterocycles. The van der Waals surface area contributed by atoms with Crippen molar-refractivity contribution in [3.8, 4) is 5.75 Å². The highest BCUT2D eigenvalue weighted by atomic mass is 127. The van der Waals surface area contributed by atoms with E-state index in [1.165, 1.54) is 17.0 Å². The van der Waals surface area contributed by atoms with Crippen LogP contribution in [-0.4, -0.2) is 23.1 Å². The predicted molar refractivity (Wildman–Crippen MR) is 120 cm³/mol. The minimum absolute atomic E-state index is 0.142. The Morgan fingerprint density at radius 2 is 1.66 bits per heavy atom. The molecule has 3 aromatic carbocycles. The Bertz CT molecular complexity index is 1150. The number of benzene rings is 3. The fraction of sp³-hybridized carbons (Fsp3) is 0.130. The number of carbonyl (C=O) groups is 2. The van der Waals surface area contributed by atoms with Crippen LogP contribution in [0.1, 0.15) is 27.5 Å². The van der Waals surface area contributed by atoms with Gasteiger partial charge in [-0.2, -0.15) is 0 Å². The van der Waals surface area contributed by atoms with Crippen LogP contribution in [0, 0.1) is 3.57 Å². The Labute approximate surface area is 195 Å². The zero-order chi connectivity index (χ0) is 22.9. The molecule has 0 saturated carbocycles. The van der Waals surface area contributed by atoms with E-state index in [-0.39, 0.29) is 12.5 Å². The van der Waals surface area contributed by atoms with Gasteiger partial charge >= 0.3 is 6.36 Å². The van der Waals surface area contributed by atoms with Crippen molar-refractivity contribution in [2.24, 2.45) is 0 Å². The lowest BCUT2D eigenvalue weighted by Gasteiger charge is -2.29. The van der Waals surface area contributed by atoms with Crippen LogP contribution in [0.15, 0.2) is 72.8 Å². The van der Waals surface area contributed by atoms with E-state index in [4.69, 9.17) is 0 Å². The van der Waals surface area contributed by atoms with Gasteiger partial charge in [0.15, 0.2) is 0 Å². The molecule has 3 aromatic rings. The summed E-state index contributed by atoms with van der Waals surface area (Å²) in [4.78, 5) is 28.2. The lowest BCUT2D eigenvalue weighted by molar-refractivity contribution is -0.274. The molecule has 1 unspecified atom stereocenters. The van der Waals surface area contributed by atoms with Gasteiger partial charge in [-0.05, 0) is 64.0 Å². The van der Waals surface area contributed by atoms with Gasteiger partial charge < -0.3 is 15.0 Å². The first-order valence-electron chi connectivity index (χ1n) is 9.52. The molecule has 2 amide bonds. The summed E-state index contributed by atoms with van der Waals surface area (Å²) in [6.07, 6.45) is -4.82. The van der Waals surface area contributed by atoms with E-state index in [1.54, 1.807) is 18.2 Å². The third-order valence-electron chi connectivity index (χ3n) is 4.92. The van der Waals surface area contributed by atoms with Crippen LogP contribution in [0.5, 0.6) is 5.75 Å². The molecule has 0 radical (unpaired) electrons. The summed E-state index contributed by atoms with van der Waals surface area (Å²) in [5.74, 6) is -1.23. The Hall–Kier alpha value is -3.08. The number of anilines is 1. The lowest BCUT2D eigenvalue weighted by atomic mass is 10.0. The van der Waals surface area contributed by atoms with E-state index in [2.05, 4.69) is 32.6 Å². The molecule has 32 heavy (non-hydrogen) atoms. The van der Waals surface area contributed by atoms with Crippen molar-refractivity contribution in [3.63, 3.8) is 0 Å². The van der Waals surface area contributed by atoms with E-state index < -0.39 is 24.1 Å². The zero-order valence-corrected chi connectivity index (χ0v) is 18.6. The molecule has 0 saturated heterocycles. The van der Waals surface area contributed by atoms with Gasteiger partial charge in [0.1, 0.15) is 11.8 Å². The molecule has 0 fully saturated rings. The number of halogens is 4. The maximum absolute atomic E-state index is 13.5. The molecule has 9 heteroatoms. The summed E-state index contributed by atoms with van der Waals surface area (Å²) in [5.41, 5.74) is 1.91. The first-order chi connectivity index (χ1) is 15.2. The average molecular weight is 552 g/mol. The van der Waals surface area contributed by atoms with Crippen molar-refractivity contribution in [1.29, 1.82) is 0 Å². The third-order valence-corrected chi connectivity index (χ3v) is 5.59. The number of rotatable bonds is 4. The number of fused-ring (bicyclic) bond motifs is 1. The molecule has 4 rings (SSSR count). The first-order valence-corrected chi connectivity index (χ1v) is 10.6. The Kier molecular flexibility index (Phi) is 6.09. The van der Waals surface area contributed by atoms with Crippen LogP contribution in [0.2, 0.25) is 0 Å². The Morgan fingerprint density at radius 1 is 0.969 bits per heavy atom. The summed E-state index contributed by atoms with van der Waals surface area (Å²) in [7, 11) is 0. The van der Waals surface area contributed by atoms with Gasteiger partial charge in [-0.25, -0.2) is 0 Å². The van der Waals surface area contributed by atoms with E-state index in [0.29, 0.717) is 16.8 Å². The zero-order valence-electron chi connectivity index (χ0n) is 16.4. The highest BCUT2D eigenvalue weighted by Gasteiger charge is 2.37. The van der Waals surface area contributed by atoms with Gasteiger partial charge in [-0.15, -0.1) is 13.2 Å². The fourth-order valence-electron chi connectivity index (χ4n) is 3.54. The quantitative estimate of drug-likeness (QED) is 0.434. The van der Waals surface area contributed by atoms with Crippen LogP contribution in [0.25, 0.3) is 0 Å². The first kappa shape index (κ1) is 22.1. The third kappa shape index (κ3) is 4.87. The van der Waals surface area contributed by atoms with Crippen molar-refractivity contribution in [3.05, 3.63) is 93.1 Å². The molecule has 0 aromatic heterocycles. The second kappa shape index (κ2) is 8.81. The number of alkyl halides is 3. The van der Waals surface area contributed by atoms with Gasteiger partial charge in [0, 0.05) is 10.1 Å². The van der Waals surface area contributed by atoms with Gasteiger partial charge in [-0.1, -0.05) is 42.5 Å². The summed E-state index contributed by atoms with van der Waals surface area (Å²) in [6.45, 7) is 0.142. The van der Waals surface area contributed by atoms with E-state index in [9.17, 15) is 22.8 Å². The SMILES string of the molecule is O=C1Nc2ccc(I)cc2C(=O)N(Cc2ccccc2)C1c1ccc(OC(F)(F)F)cc1. The van der Waals surface area contributed by atoms with Gasteiger partial charge in [0.05, 0.1) is 11.3 Å². The van der Waals surface area contributed by atoms with E-state index >= 15 is 0 Å². The number of hydrogen-bond donors (Lipinski definition) is 1. The topological polar surface area (TPSA) is 58.6 Å². The Balaban J connectivity index is 1.76. The number of nitrogens with one attached hydrogen (secondary N) is 1. The van der Waals surface area contributed by atoms with Crippen molar-refractivity contribution in [1.82, 2.24) is 4.90 Å². The molecule has 0 spiro atoms. The molecule has 1 aliphatic rings. The largest absolute Gasteiger partial charge is 0.573 e. The summed E-state index contributed by atoms with van der Waals surface area (Å²) >= 11 is 2.09. The number of amides is 2. The fourth-order valence-corrected chi connectivity index (χ4v) is 4.03. The molecule has 0 bridgehead atoms. The maximum atomic E-state index is 13.5. The van der Waals surface area contributed by atoms with Gasteiger partial charge in [0.2, 0.25) is 0 Å². The van der Waals surface area contributed by atoms with Crippen LogP contribution in [0.4, 0.5) is 18.9 Å². The van der Waals surface area contributed by atoms with Crippen molar-refractivity contribution in [2.45, 2.75) is 18.9 Å². The van der Waals surface area contributed by atoms with Crippen LogP contribution in [0.3, 0.4) is 0 Å². The highest BCUT2D eigenvalue weighted by molar-refractivity contribution is 14.1. The number of nitrogens with zero attached hydrogens (tertiary/aromatic N) is 1. The normalized spacial score (nSPS) is 16.2. The molecule has 1 aliphatic heterocycles. The predicted octanol–water partition coefficient (Wildman–Crippen LogP) is 5.53. The summed E-state index contributed by atoms with van der Waals surface area (Å²) < 4.78 is 42.3.